The van der Waals surface area contributed by atoms with Crippen LogP contribution in [0.1, 0.15) is 19.4 Å². The maximum atomic E-state index is 12.5. The van der Waals surface area contributed by atoms with Gasteiger partial charge in [0.05, 0.1) is 19.1 Å². The normalized spacial score (nSPS) is 11.5. The molecule has 1 rings (SSSR count). The number of nitrogens with zero attached hydrogens (tertiary/aromatic N) is 2. The van der Waals surface area contributed by atoms with Gasteiger partial charge in [0.1, 0.15) is 13.1 Å². The summed E-state index contributed by atoms with van der Waals surface area (Å²) < 4.78 is 35.4. The lowest BCUT2D eigenvalue weighted by Gasteiger charge is -2.18. The minimum atomic E-state index is -3.56. The molecule has 0 aliphatic rings. The van der Waals surface area contributed by atoms with Gasteiger partial charge in [0.15, 0.2) is 0 Å². The highest BCUT2D eigenvalue weighted by Crippen LogP contribution is 2.16. The van der Waals surface area contributed by atoms with E-state index in [2.05, 4.69) is 9.47 Å². The third-order valence-electron chi connectivity index (χ3n) is 4.05. The SMILES string of the molecule is CCN(CC)S(=O)(=O)c1ccc(/C=C/C(=O)N(CC(=O)OC)CC(=O)OC)cc1. The van der Waals surface area contributed by atoms with Crippen LogP contribution in [0.15, 0.2) is 35.2 Å². The van der Waals surface area contributed by atoms with Crippen LogP contribution < -0.4 is 0 Å². The van der Waals surface area contributed by atoms with Crippen LogP contribution in [0.5, 0.6) is 0 Å². The van der Waals surface area contributed by atoms with Gasteiger partial charge in [-0.05, 0) is 23.8 Å². The van der Waals surface area contributed by atoms with Crippen LogP contribution >= 0.6 is 0 Å². The molecule has 0 aliphatic heterocycles. The summed E-state index contributed by atoms with van der Waals surface area (Å²) in [6.07, 6.45) is 2.64. The van der Waals surface area contributed by atoms with Crippen LogP contribution in [0.3, 0.4) is 0 Å². The molecule has 0 fully saturated rings. The van der Waals surface area contributed by atoms with Crippen molar-refractivity contribution in [1.82, 2.24) is 9.21 Å². The largest absolute Gasteiger partial charge is 0.468 e. The third kappa shape index (κ3) is 6.99. The zero-order valence-electron chi connectivity index (χ0n) is 17.0. The van der Waals surface area contributed by atoms with Crippen molar-refractivity contribution in [2.75, 3.05) is 40.4 Å². The molecular formula is C19H26N2O7S. The zero-order valence-corrected chi connectivity index (χ0v) is 17.8. The monoisotopic (exact) mass is 426 g/mol. The number of ether oxygens (including phenoxy) is 2. The molecule has 0 saturated heterocycles. The Kier molecular flexibility index (Phi) is 9.49. The summed E-state index contributed by atoms with van der Waals surface area (Å²) in [6.45, 7) is 3.44. The highest BCUT2D eigenvalue weighted by atomic mass is 32.2. The van der Waals surface area contributed by atoms with E-state index >= 15 is 0 Å². The van der Waals surface area contributed by atoms with Crippen molar-refractivity contribution in [2.45, 2.75) is 18.7 Å². The molecule has 0 aromatic heterocycles. The highest BCUT2D eigenvalue weighted by molar-refractivity contribution is 7.89. The molecule has 0 heterocycles. The number of benzene rings is 1. The molecule has 0 saturated carbocycles. The molecule has 0 spiro atoms. The quantitative estimate of drug-likeness (QED) is 0.404. The Morgan fingerprint density at radius 2 is 1.41 bits per heavy atom. The second-order valence-electron chi connectivity index (χ2n) is 5.84. The lowest BCUT2D eigenvalue weighted by molar-refractivity contribution is -0.150. The third-order valence-corrected chi connectivity index (χ3v) is 6.11. The Morgan fingerprint density at radius 1 is 0.931 bits per heavy atom. The fourth-order valence-electron chi connectivity index (χ4n) is 2.39. The number of amides is 1. The number of hydrogen-bond acceptors (Lipinski definition) is 7. The number of esters is 2. The van der Waals surface area contributed by atoms with Crippen molar-refractivity contribution in [1.29, 1.82) is 0 Å². The molecule has 0 radical (unpaired) electrons. The molecule has 160 valence electrons. The van der Waals surface area contributed by atoms with Gasteiger partial charge in [0.25, 0.3) is 0 Å². The lowest BCUT2D eigenvalue weighted by Crippen LogP contribution is -2.39. The van der Waals surface area contributed by atoms with Crippen LogP contribution in [0.25, 0.3) is 6.08 Å². The Labute approximate surface area is 170 Å². The van der Waals surface area contributed by atoms with Crippen molar-refractivity contribution in [3.63, 3.8) is 0 Å². The predicted molar refractivity (Wildman–Crippen MR) is 106 cm³/mol. The van der Waals surface area contributed by atoms with E-state index in [-0.39, 0.29) is 4.90 Å². The van der Waals surface area contributed by atoms with E-state index in [1.165, 1.54) is 42.8 Å². The molecule has 1 amide bonds. The number of methoxy groups -OCH3 is 2. The molecule has 1 aromatic rings. The lowest BCUT2D eigenvalue weighted by atomic mass is 10.2. The van der Waals surface area contributed by atoms with Crippen molar-refractivity contribution in [3.8, 4) is 0 Å². The van der Waals surface area contributed by atoms with Crippen LogP contribution in [-0.2, 0) is 33.9 Å². The van der Waals surface area contributed by atoms with Crippen LogP contribution in [0.2, 0.25) is 0 Å². The smallest absolute Gasteiger partial charge is 0.325 e. The molecule has 0 bridgehead atoms. The fraction of sp³-hybridized carbons (Fsp3) is 0.421. The minimum absolute atomic E-state index is 0.155. The van der Waals surface area contributed by atoms with Gasteiger partial charge in [-0.3, -0.25) is 14.4 Å². The molecular weight excluding hydrogens is 400 g/mol. The number of rotatable bonds is 10. The van der Waals surface area contributed by atoms with Crippen LogP contribution in [-0.4, -0.2) is 75.9 Å². The summed E-state index contributed by atoms with van der Waals surface area (Å²) in [4.78, 5) is 36.4. The number of carbonyl (C=O) groups is 3. The minimum Gasteiger partial charge on any atom is -0.468 e. The maximum absolute atomic E-state index is 12.5. The summed E-state index contributed by atoms with van der Waals surface area (Å²) in [5.74, 6) is -1.95. The number of hydrogen-bond donors (Lipinski definition) is 0. The van der Waals surface area contributed by atoms with Gasteiger partial charge in [0, 0.05) is 19.2 Å². The van der Waals surface area contributed by atoms with Gasteiger partial charge in [-0.1, -0.05) is 26.0 Å². The van der Waals surface area contributed by atoms with Gasteiger partial charge in [-0.15, -0.1) is 0 Å². The van der Waals surface area contributed by atoms with Crippen molar-refractivity contribution in [3.05, 3.63) is 35.9 Å². The topological polar surface area (TPSA) is 110 Å². The summed E-state index contributed by atoms with van der Waals surface area (Å²) in [5.41, 5.74) is 0.577. The van der Waals surface area contributed by atoms with Crippen LogP contribution in [0, 0.1) is 0 Å². The Morgan fingerprint density at radius 3 is 1.83 bits per heavy atom. The van der Waals surface area contributed by atoms with E-state index in [0.29, 0.717) is 18.7 Å². The van der Waals surface area contributed by atoms with Gasteiger partial charge in [0.2, 0.25) is 15.9 Å². The standard InChI is InChI=1S/C19H26N2O7S/c1-5-21(6-2)29(25,26)16-10-7-15(8-11-16)9-12-17(22)20(13-18(23)27-3)14-19(24)28-4/h7-12H,5-6,13-14H2,1-4H3/b12-9+. The molecule has 29 heavy (non-hydrogen) atoms. The first-order chi connectivity index (χ1) is 13.7. The molecule has 9 nitrogen and oxygen atoms in total. The second-order valence-corrected chi connectivity index (χ2v) is 7.78. The maximum Gasteiger partial charge on any atom is 0.325 e. The fourth-order valence-corrected chi connectivity index (χ4v) is 3.85. The average molecular weight is 426 g/mol. The molecule has 0 atom stereocenters. The Balaban J connectivity index is 2.96. The van der Waals surface area contributed by atoms with E-state index in [1.54, 1.807) is 26.0 Å². The molecule has 1 aromatic carbocycles. The first-order valence-electron chi connectivity index (χ1n) is 8.90. The summed E-state index contributed by atoms with van der Waals surface area (Å²) >= 11 is 0. The Hall–Kier alpha value is -2.72. The number of carbonyl (C=O) groups excluding carboxylic acids is 3. The molecule has 0 unspecified atom stereocenters. The Bertz CT molecular complexity index is 826. The van der Waals surface area contributed by atoms with E-state index < -0.39 is 41.0 Å². The van der Waals surface area contributed by atoms with Gasteiger partial charge in [-0.25, -0.2) is 8.42 Å². The van der Waals surface area contributed by atoms with E-state index in [4.69, 9.17) is 0 Å². The van der Waals surface area contributed by atoms with Crippen molar-refractivity contribution < 1.29 is 32.3 Å². The van der Waals surface area contributed by atoms with Gasteiger partial charge in [-0.2, -0.15) is 4.31 Å². The van der Waals surface area contributed by atoms with Crippen molar-refractivity contribution in [2.24, 2.45) is 0 Å². The van der Waals surface area contributed by atoms with Crippen LogP contribution in [0.4, 0.5) is 0 Å². The highest BCUT2D eigenvalue weighted by Gasteiger charge is 2.21. The summed E-state index contributed by atoms with van der Waals surface area (Å²) in [6, 6.07) is 6.03. The van der Waals surface area contributed by atoms with Gasteiger partial charge < -0.3 is 14.4 Å². The first kappa shape index (κ1) is 24.3. The second kappa shape index (κ2) is 11.3. The molecule has 0 aliphatic carbocycles. The molecule has 0 N–H and O–H groups in total. The average Bonchev–Trinajstić information content (AvgIpc) is 2.72. The zero-order chi connectivity index (χ0) is 22.0. The van der Waals surface area contributed by atoms with E-state index in [0.717, 1.165) is 4.90 Å². The van der Waals surface area contributed by atoms with Gasteiger partial charge >= 0.3 is 11.9 Å². The first-order valence-corrected chi connectivity index (χ1v) is 10.3. The van der Waals surface area contributed by atoms with E-state index in [1.807, 2.05) is 0 Å². The number of sulfonamides is 1. The van der Waals surface area contributed by atoms with Crippen molar-refractivity contribution >= 4 is 33.9 Å². The predicted octanol–water partition coefficient (Wildman–Crippen LogP) is 0.905. The summed E-state index contributed by atoms with van der Waals surface area (Å²) in [5, 5.41) is 0. The van der Waals surface area contributed by atoms with E-state index in [9.17, 15) is 22.8 Å². The molecule has 10 heteroatoms. The summed E-state index contributed by atoms with van der Waals surface area (Å²) in [7, 11) is -1.22.